The summed E-state index contributed by atoms with van der Waals surface area (Å²) in [5.74, 6) is 1.43. The van der Waals surface area contributed by atoms with Gasteiger partial charge in [-0.25, -0.2) is 0 Å². The minimum atomic E-state index is -0.337. The first-order chi connectivity index (χ1) is 14.9. The van der Waals surface area contributed by atoms with Crippen molar-refractivity contribution in [3.05, 3.63) is 66.1 Å². The fourth-order valence-electron chi connectivity index (χ4n) is 3.15. The maximum Gasteiger partial charge on any atom is 0.216 e. The topological polar surface area (TPSA) is 90.0 Å². The number of furan rings is 1. The van der Waals surface area contributed by atoms with Crippen LogP contribution in [-0.2, 0) is 17.8 Å². The molecule has 0 aliphatic carbocycles. The number of benzene rings is 1. The Morgan fingerprint density at radius 2 is 2.00 bits per heavy atom. The average Bonchev–Trinajstić information content (AvgIpc) is 3.34. The summed E-state index contributed by atoms with van der Waals surface area (Å²) in [6.07, 6.45) is 4.12. The summed E-state index contributed by atoms with van der Waals surface area (Å²) < 4.78 is 7.33. The van der Waals surface area contributed by atoms with Gasteiger partial charge in [0.1, 0.15) is 5.76 Å². The summed E-state index contributed by atoms with van der Waals surface area (Å²) in [6.45, 7) is 10.2. The minimum Gasteiger partial charge on any atom is -0.469 e. The lowest BCUT2D eigenvalue weighted by atomic mass is 10.0. The van der Waals surface area contributed by atoms with Crippen molar-refractivity contribution in [3.63, 3.8) is 0 Å². The predicted octanol–water partition coefficient (Wildman–Crippen LogP) is 4.07. The molecule has 0 bridgehead atoms. The first-order valence-corrected chi connectivity index (χ1v) is 10.9. The Balaban J connectivity index is 1.71. The van der Waals surface area contributed by atoms with Crippen LogP contribution in [0, 0.1) is 6.92 Å². The van der Waals surface area contributed by atoms with Gasteiger partial charge in [-0.1, -0.05) is 42.1 Å². The fourth-order valence-corrected chi connectivity index (χ4v) is 4.09. The van der Waals surface area contributed by atoms with Gasteiger partial charge in [-0.2, -0.15) is 0 Å². The van der Waals surface area contributed by atoms with E-state index < -0.39 is 0 Å². The highest BCUT2D eigenvalue weighted by Crippen LogP contribution is 2.30. The van der Waals surface area contributed by atoms with Crippen LogP contribution >= 0.6 is 11.8 Å². The van der Waals surface area contributed by atoms with E-state index in [1.807, 2.05) is 48.7 Å². The highest BCUT2D eigenvalue weighted by atomic mass is 32.2. The molecule has 0 fully saturated rings. The number of hydrogen-bond donors (Lipinski definition) is 1. The molecule has 0 aliphatic rings. The van der Waals surface area contributed by atoms with E-state index in [1.165, 1.54) is 18.7 Å². The fraction of sp³-hybridized carbons (Fsp3) is 0.304. The summed E-state index contributed by atoms with van der Waals surface area (Å²) in [5.41, 5.74) is 2.58. The average molecular weight is 439 g/mol. The quantitative estimate of drug-likeness (QED) is 0.291. The Labute approximate surface area is 185 Å². The second kappa shape index (κ2) is 10.3. The van der Waals surface area contributed by atoms with Gasteiger partial charge in [0.2, 0.25) is 5.91 Å². The van der Waals surface area contributed by atoms with Gasteiger partial charge >= 0.3 is 0 Å². The van der Waals surface area contributed by atoms with Crippen LogP contribution in [-0.4, -0.2) is 38.2 Å². The number of allylic oxidation sites excluding steroid dienone is 1. The monoisotopic (exact) mass is 438 g/mol. The number of thioether (sulfide) groups is 1. The Morgan fingerprint density at radius 3 is 2.61 bits per heavy atom. The van der Waals surface area contributed by atoms with Crippen molar-refractivity contribution in [1.82, 2.24) is 20.1 Å². The van der Waals surface area contributed by atoms with Gasteiger partial charge in [-0.05, 0) is 31.9 Å². The number of ketones is 1. The van der Waals surface area contributed by atoms with Crippen LogP contribution in [0.4, 0.5) is 0 Å². The summed E-state index contributed by atoms with van der Waals surface area (Å²) in [5, 5.41) is 11.7. The molecule has 31 heavy (non-hydrogen) atoms. The molecule has 2 heterocycles. The number of nitrogens with zero attached hydrogens (tertiary/aromatic N) is 3. The molecule has 0 aliphatic heterocycles. The number of carbonyl (C=O) groups excluding carboxylic acids is 2. The summed E-state index contributed by atoms with van der Waals surface area (Å²) >= 11 is 1.37. The molecule has 1 atom stereocenters. The van der Waals surface area contributed by atoms with Crippen molar-refractivity contribution >= 4 is 23.5 Å². The van der Waals surface area contributed by atoms with Crippen LogP contribution in [0.15, 0.2) is 58.8 Å². The molecule has 0 radical (unpaired) electrons. The summed E-state index contributed by atoms with van der Waals surface area (Å²) in [4.78, 5) is 23.9. The van der Waals surface area contributed by atoms with E-state index in [4.69, 9.17) is 4.42 Å². The lowest BCUT2D eigenvalue weighted by molar-refractivity contribution is -0.118. The molecule has 8 heteroatoms. The lowest BCUT2D eigenvalue weighted by Gasteiger charge is -2.12. The zero-order valence-corrected chi connectivity index (χ0v) is 18.7. The van der Waals surface area contributed by atoms with Crippen LogP contribution in [0.5, 0.6) is 0 Å². The van der Waals surface area contributed by atoms with Crippen molar-refractivity contribution < 1.29 is 14.0 Å². The number of nitrogens with one attached hydrogen (secondary N) is 1. The molecular formula is C23H26N4O3S. The van der Waals surface area contributed by atoms with Crippen LogP contribution in [0.2, 0.25) is 0 Å². The number of amides is 1. The second-order valence-corrected chi connectivity index (χ2v) is 8.46. The standard InChI is InChI=1S/C23H26N4O3S/c1-5-13-27-22(20-11-14-30-15(20)2)25-26-23(27)31-16(3)21(29)19-8-6-18(7-9-19)10-12-24-17(4)28/h5-9,11,14,16H,1,10,12-13H2,2-4H3,(H,24,28). The van der Waals surface area contributed by atoms with E-state index in [2.05, 4.69) is 22.1 Å². The predicted molar refractivity (Wildman–Crippen MR) is 121 cm³/mol. The zero-order chi connectivity index (χ0) is 22.4. The van der Waals surface area contributed by atoms with E-state index in [1.54, 1.807) is 12.3 Å². The molecule has 1 N–H and O–H groups in total. The molecule has 0 saturated carbocycles. The van der Waals surface area contributed by atoms with E-state index in [0.29, 0.717) is 29.6 Å². The Morgan fingerprint density at radius 1 is 1.26 bits per heavy atom. The normalized spacial score (nSPS) is 11.8. The lowest BCUT2D eigenvalue weighted by Crippen LogP contribution is -2.22. The van der Waals surface area contributed by atoms with Gasteiger partial charge in [-0.15, -0.1) is 16.8 Å². The van der Waals surface area contributed by atoms with E-state index in [0.717, 1.165) is 23.3 Å². The van der Waals surface area contributed by atoms with E-state index in [-0.39, 0.29) is 16.9 Å². The number of hydrogen-bond acceptors (Lipinski definition) is 6. The first-order valence-electron chi connectivity index (χ1n) is 10.0. The molecule has 0 saturated heterocycles. The third-order valence-corrected chi connectivity index (χ3v) is 5.89. The first kappa shape index (κ1) is 22.6. The number of rotatable bonds is 10. The highest BCUT2D eigenvalue weighted by molar-refractivity contribution is 8.00. The van der Waals surface area contributed by atoms with E-state index in [9.17, 15) is 9.59 Å². The number of Topliss-reactive ketones (excluding diaryl/α,β-unsaturated/α-hetero) is 1. The molecule has 2 aromatic heterocycles. The van der Waals surface area contributed by atoms with Crippen LogP contribution < -0.4 is 5.32 Å². The number of aromatic nitrogens is 3. The van der Waals surface area contributed by atoms with Gasteiger partial charge in [0, 0.05) is 25.6 Å². The Kier molecular flexibility index (Phi) is 7.46. The van der Waals surface area contributed by atoms with Crippen molar-refractivity contribution in [1.29, 1.82) is 0 Å². The van der Waals surface area contributed by atoms with Gasteiger partial charge in [0.25, 0.3) is 0 Å². The molecular weight excluding hydrogens is 412 g/mol. The van der Waals surface area contributed by atoms with Crippen molar-refractivity contribution in [2.45, 2.75) is 44.1 Å². The van der Waals surface area contributed by atoms with Gasteiger partial charge in [-0.3, -0.25) is 14.2 Å². The third-order valence-electron chi connectivity index (χ3n) is 4.81. The van der Waals surface area contributed by atoms with Crippen LogP contribution in [0.1, 0.15) is 35.5 Å². The molecule has 1 unspecified atom stereocenters. The third kappa shape index (κ3) is 5.52. The number of aryl methyl sites for hydroxylation is 1. The van der Waals surface area contributed by atoms with Crippen molar-refractivity contribution in [2.75, 3.05) is 6.54 Å². The van der Waals surface area contributed by atoms with Gasteiger partial charge < -0.3 is 9.73 Å². The van der Waals surface area contributed by atoms with Crippen molar-refractivity contribution in [2.24, 2.45) is 0 Å². The minimum absolute atomic E-state index is 0.0209. The van der Waals surface area contributed by atoms with Crippen molar-refractivity contribution in [3.8, 4) is 11.4 Å². The molecule has 7 nitrogen and oxygen atoms in total. The summed E-state index contributed by atoms with van der Waals surface area (Å²) in [6, 6.07) is 9.36. The molecule has 1 amide bonds. The zero-order valence-electron chi connectivity index (χ0n) is 17.9. The largest absolute Gasteiger partial charge is 0.469 e. The maximum absolute atomic E-state index is 13.0. The van der Waals surface area contributed by atoms with E-state index >= 15 is 0 Å². The SMILES string of the molecule is C=CCn1c(SC(C)C(=O)c2ccc(CCNC(C)=O)cc2)nnc1-c1ccoc1C. The molecule has 0 spiro atoms. The highest BCUT2D eigenvalue weighted by Gasteiger charge is 2.22. The van der Waals surface area contributed by atoms with Crippen LogP contribution in [0.3, 0.4) is 0 Å². The Bertz CT molecular complexity index is 1070. The second-order valence-electron chi connectivity index (χ2n) is 7.15. The van der Waals surface area contributed by atoms with Gasteiger partial charge in [0.05, 0.1) is 17.1 Å². The van der Waals surface area contributed by atoms with Crippen LogP contribution in [0.25, 0.3) is 11.4 Å². The molecule has 3 rings (SSSR count). The smallest absolute Gasteiger partial charge is 0.216 e. The molecule has 3 aromatic rings. The molecule has 1 aromatic carbocycles. The Hall–Kier alpha value is -3.13. The van der Waals surface area contributed by atoms with Gasteiger partial charge in [0.15, 0.2) is 16.8 Å². The maximum atomic E-state index is 13.0. The number of carbonyl (C=O) groups is 2. The summed E-state index contributed by atoms with van der Waals surface area (Å²) in [7, 11) is 0. The molecule has 162 valence electrons.